The standard InChI is InChI=1S/C12H9ClN4O2S/c13-11-2-1-9(6-14)5-12(11)20(18,19)17-7-10-3-4-15-8-16-10/h1-5,8,17H,7H2. The minimum atomic E-state index is -3.82. The first kappa shape index (κ1) is 14.4. The molecule has 0 saturated heterocycles. The number of halogens is 1. The molecule has 8 heteroatoms. The van der Waals surface area contributed by atoms with Crippen LogP contribution in [0, 0.1) is 11.3 Å². The summed E-state index contributed by atoms with van der Waals surface area (Å²) in [6.07, 6.45) is 2.84. The van der Waals surface area contributed by atoms with Crippen LogP contribution in [0.5, 0.6) is 0 Å². The Balaban J connectivity index is 2.25. The van der Waals surface area contributed by atoms with E-state index < -0.39 is 10.0 Å². The average Bonchev–Trinajstić information content (AvgIpc) is 2.47. The smallest absolute Gasteiger partial charge is 0.242 e. The van der Waals surface area contributed by atoms with Crippen LogP contribution in [0.15, 0.2) is 41.7 Å². The minimum absolute atomic E-state index is 0.0119. The molecule has 2 aromatic rings. The molecule has 0 aliphatic rings. The van der Waals surface area contributed by atoms with Gasteiger partial charge in [-0.15, -0.1) is 0 Å². The van der Waals surface area contributed by atoms with Crippen LogP contribution < -0.4 is 4.72 Å². The van der Waals surface area contributed by atoms with Gasteiger partial charge >= 0.3 is 0 Å². The predicted octanol–water partition coefficient (Wildman–Crippen LogP) is 1.48. The summed E-state index contributed by atoms with van der Waals surface area (Å²) < 4.78 is 26.7. The van der Waals surface area contributed by atoms with E-state index >= 15 is 0 Å². The largest absolute Gasteiger partial charge is 0.245 e. The van der Waals surface area contributed by atoms with Crippen LogP contribution in [0.1, 0.15) is 11.3 Å². The van der Waals surface area contributed by atoms with Crippen molar-refractivity contribution in [2.75, 3.05) is 0 Å². The molecule has 0 aliphatic carbocycles. The number of sulfonamides is 1. The Labute approximate surface area is 121 Å². The van der Waals surface area contributed by atoms with Crippen LogP contribution in [0.25, 0.3) is 0 Å². The van der Waals surface area contributed by atoms with Crippen molar-refractivity contribution in [3.8, 4) is 6.07 Å². The molecule has 20 heavy (non-hydrogen) atoms. The molecule has 1 aromatic carbocycles. The third-order valence-electron chi connectivity index (χ3n) is 2.44. The molecule has 0 unspecified atom stereocenters. The monoisotopic (exact) mass is 308 g/mol. The second kappa shape index (κ2) is 5.96. The number of benzene rings is 1. The Bertz CT molecular complexity index is 757. The predicted molar refractivity (Wildman–Crippen MR) is 72.2 cm³/mol. The van der Waals surface area contributed by atoms with Gasteiger partial charge in [-0.2, -0.15) is 5.26 Å². The first-order valence-electron chi connectivity index (χ1n) is 5.47. The zero-order valence-corrected chi connectivity index (χ0v) is 11.7. The van der Waals surface area contributed by atoms with E-state index in [0.29, 0.717) is 5.69 Å². The van der Waals surface area contributed by atoms with Crippen molar-refractivity contribution >= 4 is 21.6 Å². The Morgan fingerprint density at radius 1 is 1.35 bits per heavy atom. The molecular weight excluding hydrogens is 300 g/mol. The first-order chi connectivity index (χ1) is 9.53. The second-order valence-corrected chi connectivity index (χ2v) is 5.92. The number of nitrogens with zero attached hydrogens (tertiary/aromatic N) is 3. The third kappa shape index (κ3) is 3.30. The lowest BCUT2D eigenvalue weighted by atomic mass is 10.2. The maximum atomic E-state index is 12.1. The number of rotatable bonds is 4. The SMILES string of the molecule is N#Cc1ccc(Cl)c(S(=O)(=O)NCc2ccncn2)c1. The van der Waals surface area contributed by atoms with Crippen LogP contribution in [0.2, 0.25) is 5.02 Å². The zero-order chi connectivity index (χ0) is 14.6. The molecule has 0 atom stereocenters. The molecule has 2 rings (SSSR count). The lowest BCUT2D eigenvalue weighted by Gasteiger charge is -2.08. The van der Waals surface area contributed by atoms with E-state index in [-0.39, 0.29) is 22.0 Å². The van der Waals surface area contributed by atoms with Gasteiger partial charge in [0.15, 0.2) is 0 Å². The zero-order valence-electron chi connectivity index (χ0n) is 10.1. The fourth-order valence-corrected chi connectivity index (χ4v) is 2.97. The number of nitriles is 1. The van der Waals surface area contributed by atoms with Gasteiger partial charge in [-0.3, -0.25) is 0 Å². The van der Waals surface area contributed by atoms with Gasteiger partial charge in [0.1, 0.15) is 11.2 Å². The van der Waals surface area contributed by atoms with E-state index in [4.69, 9.17) is 16.9 Å². The summed E-state index contributed by atoms with van der Waals surface area (Å²) in [4.78, 5) is 7.52. The van der Waals surface area contributed by atoms with E-state index in [0.717, 1.165) is 0 Å². The van der Waals surface area contributed by atoms with Crippen molar-refractivity contribution in [1.82, 2.24) is 14.7 Å². The van der Waals surface area contributed by atoms with E-state index in [1.165, 1.54) is 30.7 Å². The summed E-state index contributed by atoms with van der Waals surface area (Å²) in [7, 11) is -3.82. The molecule has 0 radical (unpaired) electrons. The Hall–Kier alpha value is -2.01. The summed E-state index contributed by atoms with van der Waals surface area (Å²) in [5, 5.41) is 8.86. The molecule has 102 valence electrons. The highest BCUT2D eigenvalue weighted by Crippen LogP contribution is 2.22. The molecule has 6 nitrogen and oxygen atoms in total. The highest BCUT2D eigenvalue weighted by atomic mass is 35.5. The maximum Gasteiger partial charge on any atom is 0.242 e. The van der Waals surface area contributed by atoms with Crippen molar-refractivity contribution in [2.45, 2.75) is 11.4 Å². The quantitative estimate of drug-likeness (QED) is 0.923. The van der Waals surface area contributed by atoms with Crippen molar-refractivity contribution in [1.29, 1.82) is 5.26 Å². The van der Waals surface area contributed by atoms with Gasteiger partial charge in [0.25, 0.3) is 0 Å². The van der Waals surface area contributed by atoms with Crippen LogP contribution in [0.3, 0.4) is 0 Å². The lowest BCUT2D eigenvalue weighted by Crippen LogP contribution is -2.24. The topological polar surface area (TPSA) is 95.7 Å². The molecule has 1 aromatic heterocycles. The van der Waals surface area contributed by atoms with E-state index in [2.05, 4.69) is 14.7 Å². The maximum absolute atomic E-state index is 12.1. The van der Waals surface area contributed by atoms with Crippen LogP contribution >= 0.6 is 11.6 Å². The van der Waals surface area contributed by atoms with Gasteiger partial charge in [0, 0.05) is 6.20 Å². The van der Waals surface area contributed by atoms with Gasteiger partial charge in [-0.1, -0.05) is 11.6 Å². The Morgan fingerprint density at radius 3 is 2.80 bits per heavy atom. The van der Waals surface area contributed by atoms with E-state index in [1.54, 1.807) is 6.07 Å². The molecule has 1 N–H and O–H groups in total. The molecule has 0 bridgehead atoms. The van der Waals surface area contributed by atoms with E-state index in [1.807, 2.05) is 6.07 Å². The molecule has 0 saturated carbocycles. The number of nitrogens with one attached hydrogen (secondary N) is 1. The summed E-state index contributed by atoms with van der Waals surface area (Å²) in [6.45, 7) is 0.0119. The number of hydrogen-bond donors (Lipinski definition) is 1. The number of aromatic nitrogens is 2. The molecule has 0 aliphatic heterocycles. The van der Waals surface area contributed by atoms with Crippen LogP contribution in [0.4, 0.5) is 0 Å². The second-order valence-electron chi connectivity index (χ2n) is 3.78. The van der Waals surface area contributed by atoms with Gasteiger partial charge < -0.3 is 0 Å². The number of hydrogen-bond acceptors (Lipinski definition) is 5. The highest BCUT2D eigenvalue weighted by Gasteiger charge is 2.18. The van der Waals surface area contributed by atoms with Crippen LogP contribution in [-0.2, 0) is 16.6 Å². The fourth-order valence-electron chi connectivity index (χ4n) is 1.45. The van der Waals surface area contributed by atoms with Crippen molar-refractivity contribution in [2.24, 2.45) is 0 Å². The normalized spacial score (nSPS) is 11.0. The summed E-state index contributed by atoms with van der Waals surface area (Å²) in [5.74, 6) is 0. The lowest BCUT2D eigenvalue weighted by molar-refractivity contribution is 0.580. The van der Waals surface area contributed by atoms with Crippen LogP contribution in [-0.4, -0.2) is 18.4 Å². The van der Waals surface area contributed by atoms with Crippen molar-refractivity contribution in [3.05, 3.63) is 53.1 Å². The van der Waals surface area contributed by atoms with Gasteiger partial charge in [-0.05, 0) is 24.3 Å². The molecular formula is C12H9ClN4O2S. The average molecular weight is 309 g/mol. The van der Waals surface area contributed by atoms with Crippen molar-refractivity contribution in [3.63, 3.8) is 0 Å². The Morgan fingerprint density at radius 2 is 2.15 bits per heavy atom. The molecule has 0 spiro atoms. The first-order valence-corrected chi connectivity index (χ1v) is 7.33. The Kier molecular flexibility index (Phi) is 4.29. The molecule has 0 fully saturated rings. The molecule has 0 amide bonds. The van der Waals surface area contributed by atoms with E-state index in [9.17, 15) is 8.42 Å². The van der Waals surface area contributed by atoms with Gasteiger partial charge in [0.2, 0.25) is 10.0 Å². The summed E-state index contributed by atoms with van der Waals surface area (Å²) >= 11 is 5.87. The molecule has 1 heterocycles. The van der Waals surface area contributed by atoms with Gasteiger partial charge in [-0.25, -0.2) is 23.1 Å². The summed E-state index contributed by atoms with van der Waals surface area (Å²) in [5.41, 5.74) is 0.743. The fraction of sp³-hybridized carbons (Fsp3) is 0.0833. The minimum Gasteiger partial charge on any atom is -0.245 e. The summed E-state index contributed by atoms with van der Waals surface area (Å²) in [6, 6.07) is 7.51. The van der Waals surface area contributed by atoms with Crippen molar-refractivity contribution < 1.29 is 8.42 Å². The van der Waals surface area contributed by atoms with Gasteiger partial charge in [0.05, 0.1) is 28.9 Å². The highest BCUT2D eigenvalue weighted by molar-refractivity contribution is 7.89. The third-order valence-corrected chi connectivity index (χ3v) is 4.32.